The molecule has 2 heterocycles. The van der Waals surface area contributed by atoms with Gasteiger partial charge in [-0.15, -0.1) is 0 Å². The van der Waals surface area contributed by atoms with Gasteiger partial charge in [0.15, 0.2) is 5.83 Å². The quantitative estimate of drug-likeness (QED) is 0.195. The topological polar surface area (TPSA) is 106 Å². The number of nitrogens with one attached hydrogen (secondary N) is 1. The highest BCUT2D eigenvalue weighted by Crippen LogP contribution is 2.67. The molecule has 1 fully saturated rings. The largest absolute Gasteiger partial charge is 0.416 e. The molecule has 226 valence electrons. The summed E-state index contributed by atoms with van der Waals surface area (Å²) in [7, 11) is 2.00. The van der Waals surface area contributed by atoms with Gasteiger partial charge in [-0.1, -0.05) is 25.7 Å². The van der Waals surface area contributed by atoms with E-state index in [1.165, 1.54) is 41.6 Å². The summed E-state index contributed by atoms with van der Waals surface area (Å²) in [6.07, 6.45) is 3.48. The molecule has 2 aromatic rings. The first-order valence-electron chi connectivity index (χ1n) is 13.3. The highest BCUT2D eigenvalue weighted by atomic mass is 79.9. The molecule has 3 atom stereocenters. The fourth-order valence-corrected chi connectivity index (χ4v) is 7.28. The molecule has 1 aromatic carbocycles. The molecule has 0 spiro atoms. The fraction of sp³-hybridized carbons (Fsp3) is 0.464. The Kier molecular flexibility index (Phi) is 9.60. The van der Waals surface area contributed by atoms with Crippen LogP contribution in [0.25, 0.3) is 11.9 Å². The molecule has 1 aromatic heterocycles. The van der Waals surface area contributed by atoms with Crippen LogP contribution in [0.3, 0.4) is 0 Å². The average Bonchev–Trinajstić information content (AvgIpc) is 3.65. The molecular weight excluding hydrogens is 648 g/mol. The lowest BCUT2D eigenvalue weighted by Crippen LogP contribution is -2.43. The second-order valence-electron chi connectivity index (χ2n) is 11.9. The predicted molar refractivity (Wildman–Crippen MR) is 166 cm³/mol. The van der Waals surface area contributed by atoms with Crippen molar-refractivity contribution in [3.05, 3.63) is 57.8 Å². The normalized spacial score (nSPS) is 23.5. The summed E-state index contributed by atoms with van der Waals surface area (Å²) < 4.78 is 40.9. The number of nitrogens with zero attached hydrogens (tertiary/aromatic N) is 4. The summed E-state index contributed by atoms with van der Waals surface area (Å²) in [5.74, 6) is -1.81. The summed E-state index contributed by atoms with van der Waals surface area (Å²) in [5, 5.41) is 2.48. The van der Waals surface area contributed by atoms with Crippen molar-refractivity contribution in [2.75, 3.05) is 27.4 Å². The van der Waals surface area contributed by atoms with Crippen LogP contribution in [0.15, 0.2) is 40.2 Å². The molecule has 0 radical (unpaired) electrons. The van der Waals surface area contributed by atoms with Crippen LogP contribution in [0, 0.1) is 11.7 Å². The molecule has 0 unspecified atom stereocenters. The molecule has 9 nitrogen and oxygen atoms in total. The molecule has 4 rings (SSSR count). The summed E-state index contributed by atoms with van der Waals surface area (Å²) >= 11 is 4.23. The summed E-state index contributed by atoms with van der Waals surface area (Å²) in [6, 6.07) is 5.11. The number of hydrogen-bond acceptors (Lipinski definition) is 8. The molecule has 0 bridgehead atoms. The zero-order valence-electron chi connectivity index (χ0n) is 24.3. The van der Waals surface area contributed by atoms with Crippen LogP contribution in [0.5, 0.6) is 0 Å². The Morgan fingerprint density at radius 1 is 1.26 bits per heavy atom. The van der Waals surface area contributed by atoms with Gasteiger partial charge in [-0.2, -0.15) is 0 Å². The smallest absolute Gasteiger partial charge is 0.385 e. The number of ether oxygens (including phenoxy) is 2. The van der Waals surface area contributed by atoms with Crippen molar-refractivity contribution in [3.63, 3.8) is 0 Å². The van der Waals surface area contributed by atoms with E-state index in [2.05, 4.69) is 55.8 Å². The van der Waals surface area contributed by atoms with E-state index in [0.717, 1.165) is 17.8 Å². The first kappa shape index (κ1) is 32.2. The Labute approximate surface area is 257 Å². The van der Waals surface area contributed by atoms with E-state index in [1.54, 1.807) is 21.0 Å². The van der Waals surface area contributed by atoms with Gasteiger partial charge in [0.05, 0.1) is 17.9 Å². The van der Waals surface area contributed by atoms with E-state index in [9.17, 15) is 14.0 Å². The van der Waals surface area contributed by atoms with Crippen molar-refractivity contribution in [3.8, 4) is 0 Å². The van der Waals surface area contributed by atoms with Crippen molar-refractivity contribution in [1.82, 2.24) is 20.2 Å². The van der Waals surface area contributed by atoms with Crippen LogP contribution in [-0.4, -0.2) is 72.4 Å². The van der Waals surface area contributed by atoms with Gasteiger partial charge >= 0.3 is 6.09 Å². The Morgan fingerprint density at radius 3 is 2.64 bits per heavy atom. The number of rotatable bonds is 9. The molecule has 1 aliphatic heterocycles. The van der Waals surface area contributed by atoms with Crippen LogP contribution >= 0.6 is 27.7 Å². The zero-order valence-corrected chi connectivity index (χ0v) is 27.7. The molecule has 1 aliphatic carbocycles. The van der Waals surface area contributed by atoms with Crippen molar-refractivity contribution in [2.45, 2.75) is 49.3 Å². The minimum absolute atomic E-state index is 0.0197. The zero-order chi connectivity index (χ0) is 30.9. The number of aromatic nitrogens is 2. The number of alkyl carbamates (subject to hydrolysis) is 1. The van der Waals surface area contributed by atoms with E-state index in [1.807, 2.05) is 0 Å². The Bertz CT molecular complexity index is 1420. The standard InChI is InChI=1S/C28H34BrF2N5O4SSi/c1-27(18-11-17(7-8-19(18)30)12-20(31)21-14-33-23(29)15-32-21)22-13-28(22,24(37)36(2)3)41-26(35-27)40-25(38)34-16-39-9-10-42(4,5)6/h7-8,11-12,14-15,22H,9-10,13,16H2,1-6H3,(H,34,38)/b20-12-/t22-,27+,28-/m0/s1. The maximum absolute atomic E-state index is 15.4. The van der Waals surface area contributed by atoms with Crippen LogP contribution < -0.4 is 5.32 Å². The third-order valence-corrected chi connectivity index (χ3v) is 10.6. The van der Waals surface area contributed by atoms with Gasteiger partial charge in [-0.05, 0) is 70.9 Å². The lowest BCUT2D eigenvalue weighted by Gasteiger charge is -2.34. The first-order valence-corrected chi connectivity index (χ1v) is 18.7. The molecule has 0 saturated heterocycles. The third kappa shape index (κ3) is 7.26. The van der Waals surface area contributed by atoms with E-state index in [4.69, 9.17) is 9.47 Å². The van der Waals surface area contributed by atoms with Gasteiger partial charge < -0.3 is 14.4 Å². The maximum Gasteiger partial charge on any atom is 0.416 e. The van der Waals surface area contributed by atoms with Gasteiger partial charge in [0.2, 0.25) is 5.91 Å². The first-order chi connectivity index (χ1) is 19.6. The van der Waals surface area contributed by atoms with E-state index < -0.39 is 36.1 Å². The van der Waals surface area contributed by atoms with Gasteiger partial charge in [0.25, 0.3) is 5.23 Å². The van der Waals surface area contributed by atoms with Gasteiger partial charge in [-0.3, -0.25) is 10.1 Å². The van der Waals surface area contributed by atoms with Gasteiger partial charge in [0, 0.05) is 40.3 Å². The van der Waals surface area contributed by atoms with Crippen molar-refractivity contribution < 1.29 is 27.8 Å². The Balaban J connectivity index is 1.61. The monoisotopic (exact) mass is 681 g/mol. The number of carbonyl (C=O) groups is 2. The van der Waals surface area contributed by atoms with E-state index in [0.29, 0.717) is 23.2 Å². The molecular formula is C28H34BrF2N5O4SSi. The number of aliphatic imine (C=N–C) groups is 1. The number of carbonyl (C=O) groups excluding carboxylic acids is 2. The van der Waals surface area contributed by atoms with Crippen LogP contribution in [0.1, 0.15) is 30.2 Å². The SMILES string of the molecule is CN(C)C(=O)[C@]12C[C@H]1[C@@](C)(c1cc(/C=C(\F)c3cnc(Br)cn3)ccc1F)N=C(OC(=O)NCOCC[Si](C)(C)C)S2. The van der Waals surface area contributed by atoms with Crippen molar-refractivity contribution >= 4 is 64.9 Å². The summed E-state index contributed by atoms with van der Waals surface area (Å²) in [4.78, 5) is 40.1. The Hall–Kier alpha value is -2.68. The van der Waals surface area contributed by atoms with Crippen molar-refractivity contribution in [2.24, 2.45) is 10.9 Å². The molecule has 2 aliphatic rings. The second-order valence-corrected chi connectivity index (χ2v) is 19.6. The molecule has 14 heteroatoms. The van der Waals surface area contributed by atoms with Crippen LogP contribution in [0.4, 0.5) is 13.6 Å². The lowest BCUT2D eigenvalue weighted by molar-refractivity contribution is -0.129. The van der Waals surface area contributed by atoms with Gasteiger partial charge in [0.1, 0.15) is 27.6 Å². The highest BCUT2D eigenvalue weighted by molar-refractivity contribution is 9.10. The highest BCUT2D eigenvalue weighted by Gasteiger charge is 2.71. The minimum Gasteiger partial charge on any atom is -0.385 e. The summed E-state index contributed by atoms with van der Waals surface area (Å²) in [5.41, 5.74) is -0.737. The number of benzene rings is 1. The van der Waals surface area contributed by atoms with E-state index in [-0.39, 0.29) is 35.0 Å². The third-order valence-electron chi connectivity index (χ3n) is 7.14. The molecule has 1 N–H and O–H groups in total. The fourth-order valence-electron chi connectivity index (χ4n) is 4.76. The number of amides is 2. The number of halogens is 3. The summed E-state index contributed by atoms with van der Waals surface area (Å²) in [6.45, 7) is 8.86. The average molecular weight is 683 g/mol. The molecule has 2 amide bonds. The minimum atomic E-state index is -1.28. The van der Waals surface area contributed by atoms with Crippen LogP contribution in [0.2, 0.25) is 25.7 Å². The Morgan fingerprint density at radius 2 is 2.00 bits per heavy atom. The lowest BCUT2D eigenvalue weighted by atomic mass is 9.84. The predicted octanol–water partition coefficient (Wildman–Crippen LogP) is 6.05. The number of thioether (sulfide) groups is 1. The van der Waals surface area contributed by atoms with Gasteiger partial charge in [-0.25, -0.2) is 28.5 Å². The second kappa shape index (κ2) is 12.5. The number of fused-ring (bicyclic) bond motifs is 1. The van der Waals surface area contributed by atoms with E-state index >= 15 is 4.39 Å². The maximum atomic E-state index is 15.4. The molecule has 1 saturated carbocycles. The van der Waals surface area contributed by atoms with Crippen LogP contribution in [-0.2, 0) is 19.8 Å². The molecule has 42 heavy (non-hydrogen) atoms. The number of hydrogen-bond donors (Lipinski definition) is 1. The van der Waals surface area contributed by atoms with Crippen molar-refractivity contribution in [1.29, 1.82) is 0 Å².